The first kappa shape index (κ1) is 29.3. The number of nitrogens with zero attached hydrogens (tertiary/aromatic N) is 1. The van der Waals surface area contributed by atoms with Gasteiger partial charge in [0.1, 0.15) is 0 Å². The van der Waals surface area contributed by atoms with Gasteiger partial charge in [0, 0.05) is 46.8 Å². The number of likely N-dealkylation sites (tertiary alicyclic amines) is 1. The maximum Gasteiger partial charge on any atom is 0.295 e. The summed E-state index contributed by atoms with van der Waals surface area (Å²) < 4.78 is 5.14. The fraction of sp³-hybridized carbons (Fsp3) is 0.429. The van der Waals surface area contributed by atoms with Gasteiger partial charge in [-0.3, -0.25) is 19.2 Å². The number of benzene rings is 2. The number of hydrogen-bond donors (Lipinski definition) is 0. The summed E-state index contributed by atoms with van der Waals surface area (Å²) in [5, 5.41) is 0.383. The van der Waals surface area contributed by atoms with E-state index in [1.807, 2.05) is 66.9 Å². The summed E-state index contributed by atoms with van der Waals surface area (Å²) in [7, 11) is 0. The molecule has 1 aliphatic heterocycles. The molecule has 1 fully saturated rings. The Balaban J connectivity index is 1.50. The molecule has 3 unspecified atom stereocenters. The summed E-state index contributed by atoms with van der Waals surface area (Å²) >= 11 is 4.28. The third kappa shape index (κ3) is 9.54. The van der Waals surface area contributed by atoms with Crippen LogP contribution in [0.25, 0.3) is 0 Å². The third-order valence-corrected chi connectivity index (χ3v) is 9.41. The van der Waals surface area contributed by atoms with E-state index in [0.29, 0.717) is 49.2 Å². The molecule has 0 N–H and O–H groups in total. The molecule has 198 valence electrons. The van der Waals surface area contributed by atoms with Gasteiger partial charge in [0.05, 0.1) is 0 Å². The molecule has 0 saturated carbocycles. The minimum atomic E-state index is -0.478. The first-order valence-corrected chi connectivity index (χ1v) is 15.6. The van der Waals surface area contributed by atoms with Crippen molar-refractivity contribution in [2.75, 3.05) is 18.6 Å². The molecule has 3 rings (SSSR count). The summed E-state index contributed by atoms with van der Waals surface area (Å²) in [6.07, 6.45) is 5.54. The highest BCUT2D eigenvalue weighted by Gasteiger charge is 2.35. The van der Waals surface area contributed by atoms with Gasteiger partial charge in [-0.05, 0) is 25.5 Å². The molecule has 6 nitrogen and oxygen atoms in total. The van der Waals surface area contributed by atoms with Crippen molar-refractivity contribution in [3.05, 3.63) is 71.8 Å². The lowest BCUT2D eigenvalue weighted by molar-refractivity contribution is -0.150. The highest BCUT2D eigenvalue weighted by molar-refractivity contribution is 8.15. The first-order chi connectivity index (χ1) is 18.0. The minimum absolute atomic E-state index is 0.00280. The van der Waals surface area contributed by atoms with Gasteiger partial charge in [0.2, 0.25) is 16.1 Å². The average Bonchev–Trinajstić information content (AvgIpc) is 3.35. The number of amides is 1. The van der Waals surface area contributed by atoms with Crippen LogP contribution in [0.4, 0.5) is 0 Å². The second-order valence-corrected chi connectivity index (χ2v) is 12.2. The van der Waals surface area contributed by atoms with Gasteiger partial charge < -0.3 is 9.64 Å². The van der Waals surface area contributed by atoms with Gasteiger partial charge >= 0.3 is 0 Å². The van der Waals surface area contributed by atoms with Crippen molar-refractivity contribution in [2.24, 2.45) is 0 Å². The molecule has 1 saturated heterocycles. The predicted molar refractivity (Wildman–Crippen MR) is 153 cm³/mol. The van der Waals surface area contributed by atoms with Crippen LogP contribution in [0.5, 0.6) is 0 Å². The van der Waals surface area contributed by atoms with Crippen LogP contribution in [0.3, 0.4) is 0 Å². The highest BCUT2D eigenvalue weighted by atomic mass is 32.2. The van der Waals surface area contributed by atoms with Gasteiger partial charge in [-0.25, -0.2) is 0 Å². The molecule has 3 atom stereocenters. The monoisotopic (exact) mass is 559 g/mol. The van der Waals surface area contributed by atoms with Crippen LogP contribution in [0.2, 0.25) is 0 Å². The van der Waals surface area contributed by atoms with E-state index in [9.17, 15) is 19.2 Å². The fourth-order valence-corrected chi connectivity index (χ4v) is 6.98. The van der Waals surface area contributed by atoms with Crippen molar-refractivity contribution in [1.82, 2.24) is 4.90 Å². The van der Waals surface area contributed by atoms with Gasteiger partial charge in [0.25, 0.3) is 6.47 Å². The molecule has 2 aromatic carbocycles. The van der Waals surface area contributed by atoms with Crippen LogP contribution >= 0.6 is 35.3 Å². The van der Waals surface area contributed by atoms with E-state index < -0.39 is 6.23 Å². The molecule has 1 aliphatic rings. The Morgan fingerprint density at radius 2 is 1.62 bits per heavy atom. The van der Waals surface area contributed by atoms with Crippen LogP contribution < -0.4 is 0 Å². The lowest BCUT2D eigenvalue weighted by Crippen LogP contribution is -2.37. The second kappa shape index (κ2) is 15.9. The van der Waals surface area contributed by atoms with Gasteiger partial charge in [-0.15, -0.1) is 0 Å². The van der Waals surface area contributed by atoms with Gasteiger partial charge in [0.15, 0.2) is 6.23 Å². The van der Waals surface area contributed by atoms with Crippen molar-refractivity contribution >= 4 is 57.9 Å². The van der Waals surface area contributed by atoms with Crippen LogP contribution in [-0.4, -0.2) is 62.8 Å². The van der Waals surface area contributed by atoms with Crippen LogP contribution in [0, 0.1) is 0 Å². The van der Waals surface area contributed by atoms with E-state index in [1.54, 1.807) is 16.7 Å². The Bertz CT molecular complexity index is 1020. The number of carbonyl (C=O) groups excluding carboxylic acids is 4. The molecule has 1 amide bonds. The first-order valence-electron chi connectivity index (χ1n) is 12.4. The predicted octanol–water partition coefficient (Wildman–Crippen LogP) is 5.92. The van der Waals surface area contributed by atoms with E-state index in [4.69, 9.17) is 4.74 Å². The summed E-state index contributed by atoms with van der Waals surface area (Å²) in [6, 6.07) is 18.4. The lowest BCUT2D eigenvalue weighted by atomic mass is 10.1. The number of hydrogen-bond acceptors (Lipinski definition) is 8. The molecule has 2 aromatic rings. The van der Waals surface area contributed by atoms with Gasteiger partial charge in [-0.2, -0.15) is 11.8 Å². The van der Waals surface area contributed by atoms with E-state index in [2.05, 4.69) is 0 Å². The zero-order valence-electron chi connectivity index (χ0n) is 21.0. The molecular weight excluding hydrogens is 527 g/mol. The number of ether oxygens (including phenoxy) is 1. The summed E-state index contributed by atoms with van der Waals surface area (Å²) in [4.78, 5) is 50.6. The molecule has 37 heavy (non-hydrogen) atoms. The molecule has 9 heteroatoms. The maximum atomic E-state index is 12.8. The topological polar surface area (TPSA) is 80.8 Å². The van der Waals surface area contributed by atoms with E-state index in [1.165, 1.54) is 23.5 Å². The number of unbranched alkanes of at least 4 members (excludes halogenated alkanes) is 1. The van der Waals surface area contributed by atoms with Crippen molar-refractivity contribution in [3.63, 3.8) is 0 Å². The van der Waals surface area contributed by atoms with E-state index >= 15 is 0 Å². The van der Waals surface area contributed by atoms with Crippen molar-refractivity contribution in [3.8, 4) is 0 Å². The molecule has 0 aliphatic carbocycles. The SMILES string of the molecule is CSC1CC(OC=O)N(C(=O)CCCCC(CCSC(=O)c2ccccc2)SC(=O)c2ccccc2)C1. The number of carbonyl (C=O) groups is 4. The van der Waals surface area contributed by atoms with E-state index in [-0.39, 0.29) is 26.6 Å². The number of thioether (sulfide) groups is 3. The fourth-order valence-electron chi connectivity index (χ4n) is 4.18. The standard InChI is InChI=1S/C28H33NO5S3/c1-35-24-18-26(34-20-30)29(19-24)25(31)15-9-8-14-23(37-28(33)22-12-6-3-7-13-22)16-17-36-27(32)21-10-4-2-5-11-21/h2-7,10-13,20,23-24,26H,8-9,14-19H2,1H3. The van der Waals surface area contributed by atoms with Crippen LogP contribution in [0.1, 0.15) is 59.2 Å². The largest absolute Gasteiger partial charge is 0.444 e. The van der Waals surface area contributed by atoms with Crippen molar-refractivity contribution < 1.29 is 23.9 Å². The smallest absolute Gasteiger partial charge is 0.295 e. The van der Waals surface area contributed by atoms with Gasteiger partial charge in [-0.1, -0.05) is 90.6 Å². The Hall–Kier alpha value is -2.23. The second-order valence-electron chi connectivity index (χ2n) is 8.76. The molecule has 0 bridgehead atoms. The minimum Gasteiger partial charge on any atom is -0.444 e. The highest BCUT2D eigenvalue weighted by Crippen LogP contribution is 2.29. The van der Waals surface area contributed by atoms with E-state index in [0.717, 1.165) is 19.3 Å². The lowest BCUT2D eigenvalue weighted by Gasteiger charge is -2.23. The van der Waals surface area contributed by atoms with Crippen molar-refractivity contribution in [2.45, 2.75) is 55.3 Å². The Labute approximate surface area is 231 Å². The Morgan fingerprint density at radius 3 is 2.24 bits per heavy atom. The maximum absolute atomic E-state index is 12.8. The quantitative estimate of drug-likeness (QED) is 0.209. The van der Waals surface area contributed by atoms with Crippen LogP contribution in [-0.2, 0) is 14.3 Å². The molecule has 0 radical (unpaired) electrons. The zero-order valence-corrected chi connectivity index (χ0v) is 23.4. The summed E-state index contributed by atoms with van der Waals surface area (Å²) in [5.41, 5.74) is 1.34. The molecular formula is C28H33NO5S3. The Kier molecular flexibility index (Phi) is 12.6. The van der Waals surface area contributed by atoms with Crippen LogP contribution in [0.15, 0.2) is 60.7 Å². The summed E-state index contributed by atoms with van der Waals surface area (Å²) in [6.45, 7) is 1.01. The average molecular weight is 560 g/mol. The zero-order chi connectivity index (χ0) is 26.5. The summed E-state index contributed by atoms with van der Waals surface area (Å²) in [5.74, 6) is 0.623. The third-order valence-electron chi connectivity index (χ3n) is 6.21. The normalized spacial score (nSPS) is 17.8. The number of rotatable bonds is 14. The molecule has 0 aromatic heterocycles. The van der Waals surface area contributed by atoms with Crippen molar-refractivity contribution in [1.29, 1.82) is 0 Å². The molecule has 1 heterocycles. The molecule has 0 spiro atoms. The Morgan fingerprint density at radius 1 is 0.973 bits per heavy atom.